The molecule has 0 saturated carbocycles. The van der Waals surface area contributed by atoms with Gasteiger partial charge in [0.05, 0.1) is 6.54 Å². The average molecular weight is 325 g/mol. The van der Waals surface area contributed by atoms with Crippen molar-refractivity contribution in [1.29, 1.82) is 0 Å². The van der Waals surface area contributed by atoms with Crippen LogP contribution in [0.4, 0.5) is 4.79 Å². The molecule has 1 amide bonds. The summed E-state index contributed by atoms with van der Waals surface area (Å²) in [6.45, 7) is 2.23. The van der Waals surface area contributed by atoms with Gasteiger partial charge in [-0.05, 0) is 36.7 Å². The minimum Gasteiger partial charge on any atom is -0.465 e. The molecular formula is C15H17ClN2O2S. The van der Waals surface area contributed by atoms with Gasteiger partial charge in [-0.15, -0.1) is 11.3 Å². The first-order chi connectivity index (χ1) is 9.97. The van der Waals surface area contributed by atoms with E-state index in [1.165, 1.54) is 26.1 Å². The molecule has 6 heteroatoms. The number of benzene rings is 1. The molecule has 1 aliphatic heterocycles. The number of carboxylic acid groups (broad SMARTS) is 1. The molecule has 0 fully saturated rings. The lowest BCUT2D eigenvalue weighted by molar-refractivity contribution is 0.154. The van der Waals surface area contributed by atoms with Gasteiger partial charge < -0.3 is 14.9 Å². The van der Waals surface area contributed by atoms with Gasteiger partial charge in [-0.25, -0.2) is 4.79 Å². The summed E-state index contributed by atoms with van der Waals surface area (Å²) in [4.78, 5) is 15.8. The number of halogens is 1. The molecule has 2 aromatic rings. The Morgan fingerprint density at radius 2 is 2.24 bits per heavy atom. The van der Waals surface area contributed by atoms with Crippen molar-refractivity contribution < 1.29 is 9.90 Å². The third-order valence-electron chi connectivity index (χ3n) is 3.97. The van der Waals surface area contributed by atoms with E-state index in [0.29, 0.717) is 6.54 Å². The minimum absolute atomic E-state index is 0.426. The summed E-state index contributed by atoms with van der Waals surface area (Å²) in [5.41, 5.74) is 2.44. The number of thiophene rings is 1. The molecule has 0 saturated heterocycles. The Morgan fingerprint density at radius 3 is 2.95 bits per heavy atom. The predicted molar refractivity (Wildman–Crippen MR) is 86.4 cm³/mol. The third-order valence-corrected chi connectivity index (χ3v) is 5.50. The highest BCUT2D eigenvalue weighted by Gasteiger charge is 2.23. The summed E-state index contributed by atoms with van der Waals surface area (Å²) in [5.74, 6) is 0. The van der Waals surface area contributed by atoms with E-state index >= 15 is 0 Å². The van der Waals surface area contributed by atoms with Crippen LogP contribution in [0.25, 0.3) is 10.1 Å². The van der Waals surface area contributed by atoms with E-state index in [4.69, 9.17) is 16.7 Å². The molecule has 2 heterocycles. The Balaban J connectivity index is 2.16. The van der Waals surface area contributed by atoms with Crippen LogP contribution in [0.2, 0.25) is 5.02 Å². The second-order valence-corrected chi connectivity index (χ2v) is 7.07. The second kappa shape index (κ2) is 5.48. The van der Waals surface area contributed by atoms with Crippen LogP contribution in [0, 0.1) is 0 Å². The van der Waals surface area contributed by atoms with Gasteiger partial charge in [0.2, 0.25) is 0 Å². The molecule has 21 heavy (non-hydrogen) atoms. The van der Waals surface area contributed by atoms with E-state index < -0.39 is 6.09 Å². The summed E-state index contributed by atoms with van der Waals surface area (Å²) in [6, 6.07) is 4.00. The summed E-state index contributed by atoms with van der Waals surface area (Å²) < 4.78 is 1.20. The first-order valence-corrected chi connectivity index (χ1v) is 8.01. The van der Waals surface area contributed by atoms with Crippen LogP contribution in [0.5, 0.6) is 0 Å². The van der Waals surface area contributed by atoms with Crippen LogP contribution in [0.1, 0.15) is 16.0 Å². The van der Waals surface area contributed by atoms with Crippen molar-refractivity contribution in [3.05, 3.63) is 33.2 Å². The molecule has 0 radical (unpaired) electrons. The maximum Gasteiger partial charge on any atom is 0.407 e. The predicted octanol–water partition coefficient (Wildman–Crippen LogP) is 3.65. The first-order valence-electron chi connectivity index (χ1n) is 6.81. The van der Waals surface area contributed by atoms with Gasteiger partial charge in [-0.1, -0.05) is 11.6 Å². The topological polar surface area (TPSA) is 43.8 Å². The van der Waals surface area contributed by atoms with Crippen molar-refractivity contribution in [3.8, 4) is 0 Å². The lowest BCUT2D eigenvalue weighted by atomic mass is 10.0. The van der Waals surface area contributed by atoms with E-state index in [1.54, 1.807) is 18.4 Å². The molecule has 1 N–H and O–H groups in total. The van der Waals surface area contributed by atoms with Gasteiger partial charge in [-0.3, -0.25) is 0 Å². The van der Waals surface area contributed by atoms with Crippen LogP contribution in [-0.2, 0) is 19.5 Å². The number of amides is 1. The standard InChI is InChI=1S/C15H17ClN2O2S/c1-17-6-5-9-11(16)3-4-12-14(9)10(7-17)13(21-12)8-18(2)15(19)20/h3-4H,5-8H2,1-2H3,(H,19,20). The highest BCUT2D eigenvalue weighted by Crippen LogP contribution is 2.39. The number of likely N-dealkylation sites (N-methyl/N-ethyl adjacent to an activating group) is 1. The van der Waals surface area contributed by atoms with Crippen LogP contribution >= 0.6 is 22.9 Å². The Hall–Kier alpha value is -1.30. The lowest BCUT2D eigenvalue weighted by Gasteiger charge is -2.16. The molecule has 0 aliphatic carbocycles. The average Bonchev–Trinajstić information content (AvgIpc) is 2.64. The zero-order chi connectivity index (χ0) is 15.1. The maximum atomic E-state index is 11.1. The fourth-order valence-corrected chi connectivity index (χ4v) is 4.37. The number of hydrogen-bond acceptors (Lipinski definition) is 3. The first kappa shape index (κ1) is 14.6. The maximum absolute atomic E-state index is 11.1. The van der Waals surface area contributed by atoms with Gasteiger partial charge in [0, 0.05) is 40.1 Å². The quantitative estimate of drug-likeness (QED) is 0.917. The highest BCUT2D eigenvalue weighted by molar-refractivity contribution is 7.19. The molecule has 0 spiro atoms. The molecular weight excluding hydrogens is 308 g/mol. The van der Waals surface area contributed by atoms with E-state index in [-0.39, 0.29) is 0 Å². The van der Waals surface area contributed by atoms with Crippen molar-refractivity contribution in [3.63, 3.8) is 0 Å². The molecule has 1 aromatic carbocycles. The third kappa shape index (κ3) is 2.61. The molecule has 3 rings (SSSR count). The van der Waals surface area contributed by atoms with Crippen LogP contribution in [-0.4, -0.2) is 41.6 Å². The summed E-state index contributed by atoms with van der Waals surface area (Å²) in [5, 5.41) is 11.2. The van der Waals surface area contributed by atoms with Crippen molar-refractivity contribution in [1.82, 2.24) is 9.80 Å². The molecule has 112 valence electrons. The Morgan fingerprint density at radius 1 is 1.48 bits per heavy atom. The number of carbonyl (C=O) groups is 1. The van der Waals surface area contributed by atoms with E-state index in [1.807, 2.05) is 12.1 Å². The smallest absolute Gasteiger partial charge is 0.407 e. The molecule has 0 atom stereocenters. The Bertz CT molecular complexity index is 713. The summed E-state index contributed by atoms with van der Waals surface area (Å²) >= 11 is 8.05. The fourth-order valence-electron chi connectivity index (χ4n) is 2.82. The van der Waals surface area contributed by atoms with Gasteiger partial charge in [0.1, 0.15) is 0 Å². The van der Waals surface area contributed by atoms with Crippen LogP contribution < -0.4 is 0 Å². The monoisotopic (exact) mass is 324 g/mol. The lowest BCUT2D eigenvalue weighted by Crippen LogP contribution is -2.24. The van der Waals surface area contributed by atoms with Gasteiger partial charge in [0.15, 0.2) is 0 Å². The summed E-state index contributed by atoms with van der Waals surface area (Å²) in [6.07, 6.45) is 0.0323. The van der Waals surface area contributed by atoms with Gasteiger partial charge >= 0.3 is 6.09 Å². The Kier molecular flexibility index (Phi) is 3.82. The molecule has 0 unspecified atom stereocenters. The van der Waals surface area contributed by atoms with Crippen molar-refractivity contribution >= 4 is 39.1 Å². The van der Waals surface area contributed by atoms with Crippen molar-refractivity contribution in [2.24, 2.45) is 0 Å². The van der Waals surface area contributed by atoms with Crippen molar-refractivity contribution in [2.75, 3.05) is 20.6 Å². The molecule has 4 nitrogen and oxygen atoms in total. The largest absolute Gasteiger partial charge is 0.465 e. The minimum atomic E-state index is -0.903. The van der Waals surface area contributed by atoms with E-state index in [0.717, 1.165) is 29.4 Å². The van der Waals surface area contributed by atoms with Crippen LogP contribution in [0.3, 0.4) is 0 Å². The molecule has 1 aliphatic rings. The SMILES string of the molecule is CN1CCc2c(Cl)ccc3sc(CN(C)C(=O)O)c(c23)C1. The fraction of sp³-hybridized carbons (Fsp3) is 0.400. The van der Waals surface area contributed by atoms with Crippen LogP contribution in [0.15, 0.2) is 12.1 Å². The highest BCUT2D eigenvalue weighted by atomic mass is 35.5. The van der Waals surface area contributed by atoms with E-state index in [9.17, 15) is 4.79 Å². The number of hydrogen-bond donors (Lipinski definition) is 1. The summed E-state index contributed by atoms with van der Waals surface area (Å²) in [7, 11) is 3.70. The van der Waals surface area contributed by atoms with Gasteiger partial charge in [0.25, 0.3) is 0 Å². The zero-order valence-corrected chi connectivity index (χ0v) is 13.6. The number of rotatable bonds is 2. The second-order valence-electron chi connectivity index (χ2n) is 5.53. The zero-order valence-electron chi connectivity index (χ0n) is 12.0. The van der Waals surface area contributed by atoms with Gasteiger partial charge in [-0.2, -0.15) is 0 Å². The Labute approximate surface area is 132 Å². The van der Waals surface area contributed by atoms with Crippen molar-refractivity contribution in [2.45, 2.75) is 19.5 Å². The van der Waals surface area contributed by atoms with E-state index in [2.05, 4.69) is 11.9 Å². The molecule has 1 aromatic heterocycles. The molecule has 0 bridgehead atoms. The normalized spacial score (nSPS) is 15.2. The number of nitrogens with zero attached hydrogens (tertiary/aromatic N) is 2.